The second-order valence-electron chi connectivity index (χ2n) is 5.13. The first kappa shape index (κ1) is 15.0. The Kier molecular flexibility index (Phi) is 5.16. The molecule has 2 rings (SSSR count). The van der Waals surface area contributed by atoms with Crippen molar-refractivity contribution in [3.8, 4) is 0 Å². The van der Waals surface area contributed by atoms with Crippen molar-refractivity contribution in [3.63, 3.8) is 0 Å². The largest absolute Gasteiger partial charge is 0.306 e. The summed E-state index contributed by atoms with van der Waals surface area (Å²) in [6.07, 6.45) is 1.10. The summed E-state index contributed by atoms with van der Waals surface area (Å²) in [7, 11) is 0. The summed E-state index contributed by atoms with van der Waals surface area (Å²) in [5.74, 6) is 0. The SMILES string of the molecule is CCCNC(c1cccc(Cl)c1)c1cc(C)nc(C)c1. The monoisotopic (exact) mass is 288 g/mol. The van der Waals surface area contributed by atoms with Crippen LogP contribution in [0.5, 0.6) is 0 Å². The van der Waals surface area contributed by atoms with Crippen molar-refractivity contribution in [2.45, 2.75) is 33.2 Å². The summed E-state index contributed by atoms with van der Waals surface area (Å²) >= 11 is 6.13. The van der Waals surface area contributed by atoms with Crippen LogP contribution in [0.25, 0.3) is 0 Å². The molecule has 0 saturated heterocycles. The fourth-order valence-electron chi connectivity index (χ4n) is 2.44. The molecule has 1 unspecified atom stereocenters. The molecule has 20 heavy (non-hydrogen) atoms. The highest BCUT2D eigenvalue weighted by atomic mass is 35.5. The lowest BCUT2D eigenvalue weighted by Crippen LogP contribution is -2.23. The van der Waals surface area contributed by atoms with Crippen LogP contribution in [0.4, 0.5) is 0 Å². The number of benzene rings is 1. The fraction of sp³-hybridized carbons (Fsp3) is 0.353. The quantitative estimate of drug-likeness (QED) is 0.880. The minimum atomic E-state index is 0.161. The van der Waals surface area contributed by atoms with Gasteiger partial charge in [-0.25, -0.2) is 0 Å². The topological polar surface area (TPSA) is 24.9 Å². The molecule has 2 nitrogen and oxygen atoms in total. The van der Waals surface area contributed by atoms with Crippen molar-refractivity contribution < 1.29 is 0 Å². The third kappa shape index (κ3) is 3.81. The zero-order valence-electron chi connectivity index (χ0n) is 12.3. The van der Waals surface area contributed by atoms with Gasteiger partial charge in [-0.2, -0.15) is 0 Å². The molecule has 0 aliphatic heterocycles. The minimum Gasteiger partial charge on any atom is -0.306 e. The van der Waals surface area contributed by atoms with Crippen LogP contribution in [-0.2, 0) is 0 Å². The smallest absolute Gasteiger partial charge is 0.0578 e. The van der Waals surface area contributed by atoms with E-state index in [1.807, 2.05) is 32.0 Å². The van der Waals surface area contributed by atoms with E-state index in [0.29, 0.717) is 0 Å². The molecule has 1 atom stereocenters. The summed E-state index contributed by atoms with van der Waals surface area (Å²) < 4.78 is 0. The van der Waals surface area contributed by atoms with E-state index < -0.39 is 0 Å². The van der Waals surface area contributed by atoms with Crippen LogP contribution >= 0.6 is 11.6 Å². The molecular weight excluding hydrogens is 268 g/mol. The molecule has 106 valence electrons. The molecule has 0 radical (unpaired) electrons. The first-order valence-electron chi connectivity index (χ1n) is 7.04. The second-order valence-corrected chi connectivity index (χ2v) is 5.56. The van der Waals surface area contributed by atoms with E-state index in [0.717, 1.165) is 29.4 Å². The average molecular weight is 289 g/mol. The lowest BCUT2D eigenvalue weighted by molar-refractivity contribution is 0.597. The van der Waals surface area contributed by atoms with Crippen molar-refractivity contribution in [2.75, 3.05) is 6.54 Å². The fourth-order valence-corrected chi connectivity index (χ4v) is 2.64. The summed E-state index contributed by atoms with van der Waals surface area (Å²) in [5.41, 5.74) is 4.53. The summed E-state index contributed by atoms with van der Waals surface area (Å²) in [6, 6.07) is 12.5. The van der Waals surface area contributed by atoms with Crippen LogP contribution in [0, 0.1) is 13.8 Å². The van der Waals surface area contributed by atoms with E-state index in [2.05, 4.69) is 35.4 Å². The molecular formula is C17H21ClN2. The molecule has 1 heterocycles. The second kappa shape index (κ2) is 6.87. The molecule has 1 aromatic heterocycles. The van der Waals surface area contributed by atoms with E-state index in [1.165, 1.54) is 11.1 Å². The van der Waals surface area contributed by atoms with Gasteiger partial charge >= 0.3 is 0 Å². The Morgan fingerprint density at radius 1 is 1.10 bits per heavy atom. The summed E-state index contributed by atoms with van der Waals surface area (Å²) in [5, 5.41) is 4.37. The Hall–Kier alpha value is -1.38. The Morgan fingerprint density at radius 2 is 1.80 bits per heavy atom. The average Bonchev–Trinajstić information content (AvgIpc) is 2.38. The zero-order chi connectivity index (χ0) is 14.5. The number of hydrogen-bond acceptors (Lipinski definition) is 2. The van der Waals surface area contributed by atoms with E-state index >= 15 is 0 Å². The van der Waals surface area contributed by atoms with Gasteiger partial charge in [0.25, 0.3) is 0 Å². The highest BCUT2D eigenvalue weighted by molar-refractivity contribution is 6.30. The Morgan fingerprint density at radius 3 is 2.40 bits per heavy atom. The van der Waals surface area contributed by atoms with Crippen molar-refractivity contribution in [2.24, 2.45) is 0 Å². The standard InChI is InChI=1S/C17H21ClN2/c1-4-8-19-17(14-6-5-7-16(18)11-14)15-9-12(2)20-13(3)10-15/h5-7,9-11,17,19H,4,8H2,1-3H3. The molecule has 1 N–H and O–H groups in total. The third-order valence-electron chi connectivity index (χ3n) is 3.22. The molecule has 2 aromatic rings. The number of rotatable bonds is 5. The van der Waals surface area contributed by atoms with Crippen molar-refractivity contribution in [1.29, 1.82) is 0 Å². The number of aromatic nitrogens is 1. The maximum atomic E-state index is 6.13. The lowest BCUT2D eigenvalue weighted by atomic mass is 9.98. The molecule has 0 aliphatic carbocycles. The molecule has 0 saturated carbocycles. The molecule has 0 fully saturated rings. The highest BCUT2D eigenvalue weighted by Crippen LogP contribution is 2.25. The van der Waals surface area contributed by atoms with Gasteiger partial charge in [0.15, 0.2) is 0 Å². The maximum Gasteiger partial charge on any atom is 0.0578 e. The number of nitrogens with one attached hydrogen (secondary N) is 1. The first-order valence-corrected chi connectivity index (χ1v) is 7.42. The third-order valence-corrected chi connectivity index (χ3v) is 3.45. The van der Waals surface area contributed by atoms with E-state index in [4.69, 9.17) is 11.6 Å². The zero-order valence-corrected chi connectivity index (χ0v) is 13.0. The predicted molar refractivity (Wildman–Crippen MR) is 85.3 cm³/mol. The van der Waals surface area contributed by atoms with E-state index in [-0.39, 0.29) is 6.04 Å². The highest BCUT2D eigenvalue weighted by Gasteiger charge is 2.14. The van der Waals surface area contributed by atoms with Gasteiger partial charge in [-0.15, -0.1) is 0 Å². The van der Waals surface area contributed by atoms with E-state index in [9.17, 15) is 0 Å². The van der Waals surface area contributed by atoms with Crippen LogP contribution in [0.2, 0.25) is 5.02 Å². The van der Waals surface area contributed by atoms with Crippen LogP contribution in [0.15, 0.2) is 36.4 Å². The van der Waals surface area contributed by atoms with Gasteiger partial charge in [0.05, 0.1) is 6.04 Å². The van der Waals surface area contributed by atoms with Crippen LogP contribution in [0.1, 0.15) is 41.9 Å². The normalized spacial score (nSPS) is 12.4. The number of halogens is 1. The summed E-state index contributed by atoms with van der Waals surface area (Å²) in [4.78, 5) is 4.45. The Bertz CT molecular complexity index is 561. The van der Waals surface area contributed by atoms with Gasteiger partial charge in [0.2, 0.25) is 0 Å². The molecule has 0 spiro atoms. The molecule has 0 bridgehead atoms. The van der Waals surface area contributed by atoms with Crippen molar-refractivity contribution >= 4 is 11.6 Å². The van der Waals surface area contributed by atoms with Gasteiger partial charge in [-0.3, -0.25) is 4.98 Å². The van der Waals surface area contributed by atoms with Gasteiger partial charge in [-0.1, -0.05) is 30.7 Å². The van der Waals surface area contributed by atoms with Crippen LogP contribution in [-0.4, -0.2) is 11.5 Å². The van der Waals surface area contributed by atoms with Crippen molar-refractivity contribution in [1.82, 2.24) is 10.3 Å². The number of hydrogen-bond donors (Lipinski definition) is 1. The lowest BCUT2D eigenvalue weighted by Gasteiger charge is -2.20. The van der Waals surface area contributed by atoms with Gasteiger partial charge in [0.1, 0.15) is 0 Å². The van der Waals surface area contributed by atoms with Crippen LogP contribution in [0.3, 0.4) is 0 Å². The molecule has 1 aromatic carbocycles. The predicted octanol–water partition coefficient (Wildman–Crippen LogP) is 4.44. The maximum absolute atomic E-state index is 6.13. The first-order chi connectivity index (χ1) is 9.60. The minimum absolute atomic E-state index is 0.161. The van der Waals surface area contributed by atoms with Gasteiger partial charge in [0, 0.05) is 16.4 Å². The summed E-state index contributed by atoms with van der Waals surface area (Å²) in [6.45, 7) is 7.21. The van der Waals surface area contributed by atoms with E-state index in [1.54, 1.807) is 0 Å². The van der Waals surface area contributed by atoms with Gasteiger partial charge < -0.3 is 5.32 Å². The number of nitrogens with zero attached hydrogens (tertiary/aromatic N) is 1. The van der Waals surface area contributed by atoms with Crippen LogP contribution < -0.4 is 5.32 Å². The van der Waals surface area contributed by atoms with Crippen molar-refractivity contribution in [3.05, 3.63) is 63.9 Å². The number of pyridine rings is 1. The Balaban J connectivity index is 2.41. The molecule has 0 amide bonds. The molecule has 0 aliphatic rings. The molecule has 3 heteroatoms. The number of aryl methyl sites for hydroxylation is 2. The van der Waals surface area contributed by atoms with Gasteiger partial charge in [-0.05, 0) is 62.2 Å². The Labute approximate surface area is 126 Å².